The summed E-state index contributed by atoms with van der Waals surface area (Å²) in [7, 11) is 1.36. The number of nitrogens with zero attached hydrogens (tertiary/aromatic N) is 3. The third kappa shape index (κ3) is 4.66. The molecular weight excluding hydrogens is 418 g/mol. The van der Waals surface area contributed by atoms with Gasteiger partial charge in [-0.05, 0) is 31.2 Å². The molecule has 30 heavy (non-hydrogen) atoms. The van der Waals surface area contributed by atoms with Crippen LogP contribution in [0.15, 0.2) is 40.9 Å². The predicted octanol–water partition coefficient (Wildman–Crippen LogP) is 4.06. The zero-order chi connectivity index (χ0) is 21.7. The predicted molar refractivity (Wildman–Crippen MR) is 105 cm³/mol. The molecule has 0 fully saturated rings. The molecule has 1 heterocycles. The average molecular weight is 434 g/mol. The number of aromatic nitrogens is 2. The van der Waals surface area contributed by atoms with Crippen LogP contribution in [0.5, 0.6) is 11.5 Å². The summed E-state index contributed by atoms with van der Waals surface area (Å²) >= 11 is 5.84. The molecule has 10 nitrogen and oxygen atoms in total. The summed E-state index contributed by atoms with van der Waals surface area (Å²) in [5.74, 6) is -0.334. The van der Waals surface area contributed by atoms with Gasteiger partial charge in [0.15, 0.2) is 18.1 Å². The van der Waals surface area contributed by atoms with Gasteiger partial charge >= 0.3 is 5.97 Å². The first-order valence-corrected chi connectivity index (χ1v) is 9.05. The highest BCUT2D eigenvalue weighted by Crippen LogP contribution is 2.35. The van der Waals surface area contributed by atoms with Crippen molar-refractivity contribution in [3.63, 3.8) is 0 Å². The maximum atomic E-state index is 12.5. The molecule has 11 heteroatoms. The van der Waals surface area contributed by atoms with Gasteiger partial charge in [-0.15, -0.1) is 0 Å². The molecule has 0 aliphatic carbocycles. The lowest BCUT2D eigenvalue weighted by Gasteiger charge is -2.11. The summed E-state index contributed by atoms with van der Waals surface area (Å²) in [5.41, 5.74) is -0.109. The summed E-state index contributed by atoms with van der Waals surface area (Å²) < 4.78 is 20.6. The van der Waals surface area contributed by atoms with Crippen LogP contribution in [0.2, 0.25) is 5.02 Å². The Balaban J connectivity index is 1.77. The number of rotatable bonds is 8. The second kappa shape index (κ2) is 9.23. The highest BCUT2D eigenvalue weighted by Gasteiger charge is 2.26. The molecule has 0 atom stereocenters. The number of hydrogen-bond acceptors (Lipinski definition) is 9. The third-order valence-electron chi connectivity index (χ3n) is 3.90. The molecule has 2 aromatic carbocycles. The van der Waals surface area contributed by atoms with Gasteiger partial charge in [0, 0.05) is 16.7 Å². The van der Waals surface area contributed by atoms with Gasteiger partial charge in [-0.3, -0.25) is 10.1 Å². The minimum atomic E-state index is -0.950. The van der Waals surface area contributed by atoms with E-state index in [0.717, 1.165) is 6.07 Å². The van der Waals surface area contributed by atoms with Crippen LogP contribution in [-0.4, -0.2) is 34.7 Å². The molecule has 3 aromatic rings. The summed E-state index contributed by atoms with van der Waals surface area (Å²) in [5, 5.41) is 15.8. The molecule has 0 bridgehead atoms. The second-order valence-corrected chi connectivity index (χ2v) is 6.24. The molecule has 0 unspecified atom stereocenters. The summed E-state index contributed by atoms with van der Waals surface area (Å²) in [6.45, 7) is 1.62. The van der Waals surface area contributed by atoms with E-state index in [1.54, 1.807) is 31.2 Å². The van der Waals surface area contributed by atoms with Crippen molar-refractivity contribution in [3.8, 4) is 22.9 Å². The number of methoxy groups -OCH3 is 1. The van der Waals surface area contributed by atoms with Crippen LogP contribution < -0.4 is 9.47 Å². The van der Waals surface area contributed by atoms with E-state index in [2.05, 4.69) is 10.1 Å². The average Bonchev–Trinajstić information content (AvgIpc) is 3.21. The fourth-order valence-corrected chi connectivity index (χ4v) is 2.65. The molecule has 0 aliphatic heterocycles. The maximum Gasteiger partial charge on any atom is 0.345 e. The Morgan fingerprint density at radius 3 is 2.60 bits per heavy atom. The van der Waals surface area contributed by atoms with Gasteiger partial charge in [-0.2, -0.15) is 4.98 Å². The fourth-order valence-electron chi connectivity index (χ4n) is 2.53. The van der Waals surface area contributed by atoms with Gasteiger partial charge in [-0.1, -0.05) is 16.8 Å². The molecule has 0 spiro atoms. The van der Waals surface area contributed by atoms with E-state index >= 15 is 0 Å². The largest absolute Gasteiger partial charge is 0.493 e. The van der Waals surface area contributed by atoms with Crippen LogP contribution in [0.3, 0.4) is 0 Å². The van der Waals surface area contributed by atoms with Gasteiger partial charge < -0.3 is 18.7 Å². The van der Waals surface area contributed by atoms with E-state index in [1.807, 2.05) is 0 Å². The number of halogens is 1. The van der Waals surface area contributed by atoms with E-state index < -0.39 is 16.6 Å². The Labute approximate surface area is 175 Å². The van der Waals surface area contributed by atoms with Crippen LogP contribution >= 0.6 is 11.6 Å². The highest BCUT2D eigenvalue weighted by atomic mass is 35.5. The Morgan fingerprint density at radius 2 is 1.97 bits per heavy atom. The van der Waals surface area contributed by atoms with Crippen molar-refractivity contribution < 1.29 is 28.5 Å². The van der Waals surface area contributed by atoms with Gasteiger partial charge in [0.2, 0.25) is 5.82 Å². The smallest absolute Gasteiger partial charge is 0.345 e. The first kappa shape index (κ1) is 21.1. The molecule has 0 saturated carbocycles. The van der Waals surface area contributed by atoms with Crippen molar-refractivity contribution in [1.82, 2.24) is 10.1 Å². The molecule has 0 radical (unpaired) electrons. The molecule has 156 valence electrons. The van der Waals surface area contributed by atoms with Crippen LogP contribution in [-0.2, 0) is 11.3 Å². The van der Waals surface area contributed by atoms with Gasteiger partial charge in [0.1, 0.15) is 5.56 Å². The van der Waals surface area contributed by atoms with Crippen molar-refractivity contribution in [3.05, 3.63) is 63.0 Å². The summed E-state index contributed by atoms with van der Waals surface area (Å²) in [4.78, 5) is 27.3. The molecule has 0 amide bonds. The van der Waals surface area contributed by atoms with Gasteiger partial charge in [0.05, 0.1) is 24.7 Å². The maximum absolute atomic E-state index is 12.5. The number of carbonyl (C=O) groups is 1. The van der Waals surface area contributed by atoms with Crippen molar-refractivity contribution in [2.45, 2.75) is 13.5 Å². The first-order chi connectivity index (χ1) is 14.4. The number of ether oxygens (including phenoxy) is 3. The highest BCUT2D eigenvalue weighted by molar-refractivity contribution is 6.30. The molecule has 0 N–H and O–H groups in total. The Kier molecular flexibility index (Phi) is 6.48. The number of carbonyl (C=O) groups excluding carboxylic acids is 1. The zero-order valence-corrected chi connectivity index (χ0v) is 16.7. The topological polar surface area (TPSA) is 127 Å². The standard InChI is InChI=1S/C19H16ClN3O7/c1-3-28-16-9-14(23(25)26)13(8-15(16)27-2)19(24)29-10-17-21-18(22-30-17)11-4-6-12(20)7-5-11/h4-9H,3,10H2,1-2H3. The minimum absolute atomic E-state index is 0.0221. The van der Waals surface area contributed by atoms with Crippen molar-refractivity contribution >= 4 is 23.3 Å². The first-order valence-electron chi connectivity index (χ1n) is 8.67. The fraction of sp³-hybridized carbons (Fsp3) is 0.211. The van der Waals surface area contributed by atoms with Crippen LogP contribution in [0.4, 0.5) is 5.69 Å². The van der Waals surface area contributed by atoms with Gasteiger partial charge in [0.25, 0.3) is 11.6 Å². The van der Waals surface area contributed by atoms with Crippen LogP contribution in [0, 0.1) is 10.1 Å². The molecule has 1 aromatic heterocycles. The number of nitro groups is 1. The van der Waals surface area contributed by atoms with E-state index in [9.17, 15) is 14.9 Å². The Bertz CT molecular complexity index is 1070. The monoisotopic (exact) mass is 433 g/mol. The van der Waals surface area contributed by atoms with E-state index in [4.69, 9.17) is 30.3 Å². The van der Waals surface area contributed by atoms with Crippen LogP contribution in [0.25, 0.3) is 11.4 Å². The SMILES string of the molecule is CCOc1cc([N+](=O)[O-])c(C(=O)OCc2nc(-c3ccc(Cl)cc3)no2)cc1OC. The van der Waals surface area contributed by atoms with Crippen molar-refractivity contribution in [2.24, 2.45) is 0 Å². The number of benzene rings is 2. The molecule has 0 saturated heterocycles. The third-order valence-corrected chi connectivity index (χ3v) is 4.15. The lowest BCUT2D eigenvalue weighted by Crippen LogP contribution is -2.10. The summed E-state index contributed by atoms with van der Waals surface area (Å²) in [6, 6.07) is 9.07. The normalized spacial score (nSPS) is 10.5. The summed E-state index contributed by atoms with van der Waals surface area (Å²) in [6.07, 6.45) is 0. The lowest BCUT2D eigenvalue weighted by atomic mass is 10.1. The number of nitro benzene ring substituents is 1. The lowest BCUT2D eigenvalue weighted by molar-refractivity contribution is -0.385. The number of hydrogen-bond donors (Lipinski definition) is 0. The van der Waals surface area contributed by atoms with E-state index in [1.165, 1.54) is 13.2 Å². The van der Waals surface area contributed by atoms with Crippen molar-refractivity contribution in [1.29, 1.82) is 0 Å². The molecular formula is C19H16ClN3O7. The van der Waals surface area contributed by atoms with Crippen LogP contribution in [0.1, 0.15) is 23.2 Å². The Morgan fingerprint density at radius 1 is 1.23 bits per heavy atom. The number of esters is 1. The van der Waals surface area contributed by atoms with E-state index in [-0.39, 0.29) is 42.0 Å². The van der Waals surface area contributed by atoms with Crippen molar-refractivity contribution in [2.75, 3.05) is 13.7 Å². The molecule has 0 aliphatic rings. The zero-order valence-electron chi connectivity index (χ0n) is 16.0. The minimum Gasteiger partial charge on any atom is -0.493 e. The Hall–Kier alpha value is -3.66. The second-order valence-electron chi connectivity index (χ2n) is 5.81. The van der Waals surface area contributed by atoms with E-state index in [0.29, 0.717) is 10.6 Å². The molecule has 3 rings (SSSR count). The quantitative estimate of drug-likeness (QED) is 0.293. The van der Waals surface area contributed by atoms with Gasteiger partial charge in [-0.25, -0.2) is 4.79 Å².